The summed E-state index contributed by atoms with van der Waals surface area (Å²) in [6.07, 6.45) is 2.30. The molecule has 1 N–H and O–H groups in total. The van der Waals surface area contributed by atoms with Crippen molar-refractivity contribution in [3.8, 4) is 0 Å². The number of nitro groups is 1. The molecular weight excluding hydrogens is 431 g/mol. The second kappa shape index (κ2) is 9.03. The first-order valence-electron chi connectivity index (χ1n) is 10.2. The van der Waals surface area contributed by atoms with Gasteiger partial charge in [-0.15, -0.1) is 0 Å². The number of fused-ring (bicyclic) bond motifs is 1. The van der Waals surface area contributed by atoms with E-state index in [-0.39, 0.29) is 12.2 Å². The number of benzene rings is 2. The second-order valence-electron chi connectivity index (χ2n) is 7.52. The van der Waals surface area contributed by atoms with Crippen LogP contribution in [0.15, 0.2) is 65.6 Å². The van der Waals surface area contributed by atoms with Crippen molar-refractivity contribution in [2.24, 2.45) is 0 Å². The van der Waals surface area contributed by atoms with Crippen LogP contribution < -0.4 is 15.8 Å². The number of hydrogen-bond donors (Lipinski definition) is 1. The summed E-state index contributed by atoms with van der Waals surface area (Å²) in [5.41, 5.74) is 1.38. The molecule has 0 unspecified atom stereocenters. The van der Waals surface area contributed by atoms with Crippen molar-refractivity contribution < 1.29 is 18.9 Å². The van der Waals surface area contributed by atoms with Crippen LogP contribution in [0.25, 0.3) is 0 Å². The Morgan fingerprint density at radius 2 is 1.85 bits per heavy atom. The highest BCUT2D eigenvalue weighted by molar-refractivity contribution is 6.05. The molecule has 0 atom stereocenters. The molecule has 2 heterocycles. The summed E-state index contributed by atoms with van der Waals surface area (Å²) in [6.45, 7) is 0.0526. The van der Waals surface area contributed by atoms with E-state index in [1.54, 1.807) is 18.2 Å². The van der Waals surface area contributed by atoms with Gasteiger partial charge >= 0.3 is 0 Å². The van der Waals surface area contributed by atoms with Crippen LogP contribution in [0.4, 0.5) is 21.5 Å². The number of carbonyl (C=O) groups is 2. The maximum Gasteiger partial charge on any atom is 0.285 e. The minimum atomic E-state index is -0.632. The van der Waals surface area contributed by atoms with Gasteiger partial charge in [0, 0.05) is 35.6 Å². The minimum Gasteiger partial charge on any atom is -0.322 e. The highest BCUT2D eigenvalue weighted by Gasteiger charge is 2.25. The predicted octanol–water partition coefficient (Wildman–Crippen LogP) is 3.13. The third kappa shape index (κ3) is 4.64. The van der Waals surface area contributed by atoms with Crippen LogP contribution in [0.1, 0.15) is 22.3 Å². The molecule has 1 aliphatic rings. The molecule has 168 valence electrons. The first-order chi connectivity index (χ1) is 15.8. The largest absolute Gasteiger partial charge is 0.322 e. The lowest BCUT2D eigenvalue weighted by atomic mass is 9.99. The quantitative estimate of drug-likeness (QED) is 0.474. The lowest BCUT2D eigenvalue weighted by molar-refractivity contribution is -0.385. The Hall–Kier alpha value is -4.34. The van der Waals surface area contributed by atoms with E-state index in [0.29, 0.717) is 36.3 Å². The zero-order valence-corrected chi connectivity index (χ0v) is 17.4. The molecule has 2 amide bonds. The van der Waals surface area contributed by atoms with Gasteiger partial charge in [-0.2, -0.15) is 0 Å². The molecule has 4 rings (SSSR count). The summed E-state index contributed by atoms with van der Waals surface area (Å²) in [6, 6.07) is 12.5. The number of pyridine rings is 1. The first-order valence-corrected chi connectivity index (χ1v) is 10.2. The van der Waals surface area contributed by atoms with E-state index in [4.69, 9.17) is 0 Å². The topological polar surface area (TPSA) is 115 Å². The van der Waals surface area contributed by atoms with Crippen molar-refractivity contribution >= 4 is 28.9 Å². The highest BCUT2D eigenvalue weighted by Crippen LogP contribution is 2.33. The molecule has 3 aromatic rings. The van der Waals surface area contributed by atoms with Gasteiger partial charge in [-0.25, -0.2) is 4.39 Å². The fourth-order valence-electron chi connectivity index (χ4n) is 3.78. The van der Waals surface area contributed by atoms with Crippen LogP contribution in [0, 0.1) is 15.9 Å². The Balaban J connectivity index is 1.58. The average Bonchev–Trinajstić information content (AvgIpc) is 2.80. The van der Waals surface area contributed by atoms with Gasteiger partial charge in [0.2, 0.25) is 5.91 Å². The van der Waals surface area contributed by atoms with Gasteiger partial charge in [-0.1, -0.05) is 6.07 Å². The molecule has 0 bridgehead atoms. The maximum absolute atomic E-state index is 13.1. The number of nitrogens with zero attached hydrogens (tertiary/aromatic N) is 3. The zero-order valence-electron chi connectivity index (χ0n) is 17.4. The van der Waals surface area contributed by atoms with Crippen molar-refractivity contribution in [2.75, 3.05) is 16.8 Å². The average molecular weight is 450 g/mol. The Kier molecular flexibility index (Phi) is 5.99. The van der Waals surface area contributed by atoms with Crippen LogP contribution >= 0.6 is 0 Å². The number of nitrogens with one attached hydrogen (secondary N) is 1. The summed E-state index contributed by atoms with van der Waals surface area (Å²) in [5, 5.41) is 13.8. The van der Waals surface area contributed by atoms with Crippen molar-refractivity contribution in [3.05, 3.63) is 98.2 Å². The third-order valence-corrected chi connectivity index (χ3v) is 5.39. The minimum absolute atomic E-state index is 0.285. The number of carbonyl (C=O) groups excluding carboxylic acids is 2. The molecule has 33 heavy (non-hydrogen) atoms. The summed E-state index contributed by atoms with van der Waals surface area (Å²) in [4.78, 5) is 49.6. The van der Waals surface area contributed by atoms with Crippen LogP contribution in [0.5, 0.6) is 0 Å². The number of amides is 2. The SMILES string of the molecule is O=C(Nc1cccc2c1CCCN2C(=O)Cn1cc([N+](=O)[O-])ccc1=O)c1ccc(F)cc1. The molecule has 0 radical (unpaired) electrons. The molecule has 0 aliphatic carbocycles. The van der Waals surface area contributed by atoms with E-state index in [2.05, 4.69) is 5.32 Å². The predicted molar refractivity (Wildman–Crippen MR) is 119 cm³/mol. The lowest BCUT2D eigenvalue weighted by Gasteiger charge is -2.31. The Morgan fingerprint density at radius 1 is 1.09 bits per heavy atom. The van der Waals surface area contributed by atoms with Gasteiger partial charge < -0.3 is 10.2 Å². The highest BCUT2D eigenvalue weighted by atomic mass is 19.1. The van der Waals surface area contributed by atoms with Crippen LogP contribution in [0.3, 0.4) is 0 Å². The van der Waals surface area contributed by atoms with Gasteiger partial charge in [0.25, 0.3) is 17.2 Å². The molecule has 10 heteroatoms. The molecule has 1 aromatic heterocycles. The number of hydrogen-bond acceptors (Lipinski definition) is 5. The van der Waals surface area contributed by atoms with Gasteiger partial charge in [-0.05, 0) is 54.8 Å². The van der Waals surface area contributed by atoms with Gasteiger partial charge in [-0.3, -0.25) is 29.1 Å². The standard InChI is InChI=1S/C23H19FN4O5/c24-16-8-6-15(7-9-16)23(31)25-19-4-1-5-20-18(19)3-2-12-27(20)22(30)14-26-13-17(28(32)33)10-11-21(26)29/h1,4-11,13H,2-3,12,14H2,(H,25,31). The molecule has 0 saturated carbocycles. The molecule has 0 spiro atoms. The summed E-state index contributed by atoms with van der Waals surface area (Å²) in [5.74, 6) is -1.25. The van der Waals surface area contributed by atoms with E-state index >= 15 is 0 Å². The number of halogens is 1. The second-order valence-corrected chi connectivity index (χ2v) is 7.52. The number of rotatable bonds is 5. The van der Waals surface area contributed by atoms with E-state index in [0.717, 1.165) is 28.5 Å². The number of anilines is 2. The van der Waals surface area contributed by atoms with E-state index < -0.39 is 28.1 Å². The normalized spacial score (nSPS) is 12.7. The molecular formula is C23H19FN4O5. The third-order valence-electron chi connectivity index (χ3n) is 5.39. The van der Waals surface area contributed by atoms with Gasteiger partial charge in [0.15, 0.2) is 0 Å². The Bertz CT molecular complexity index is 1300. The zero-order chi connectivity index (χ0) is 23.5. The van der Waals surface area contributed by atoms with Crippen LogP contribution in [0.2, 0.25) is 0 Å². The molecule has 9 nitrogen and oxygen atoms in total. The molecule has 2 aromatic carbocycles. The number of aromatic nitrogens is 1. The molecule has 1 aliphatic heterocycles. The van der Waals surface area contributed by atoms with Crippen LogP contribution in [-0.2, 0) is 17.8 Å². The van der Waals surface area contributed by atoms with E-state index in [9.17, 15) is 28.9 Å². The summed E-state index contributed by atoms with van der Waals surface area (Å²) < 4.78 is 14.1. The monoisotopic (exact) mass is 450 g/mol. The van der Waals surface area contributed by atoms with E-state index in [1.807, 2.05) is 0 Å². The van der Waals surface area contributed by atoms with Crippen LogP contribution in [-0.4, -0.2) is 27.8 Å². The first kappa shape index (κ1) is 21.9. The lowest BCUT2D eigenvalue weighted by Crippen LogP contribution is -2.39. The Morgan fingerprint density at radius 3 is 2.58 bits per heavy atom. The fraction of sp³-hybridized carbons (Fsp3) is 0.174. The maximum atomic E-state index is 13.1. The Labute approximate surface area is 187 Å². The summed E-state index contributed by atoms with van der Waals surface area (Å²) >= 11 is 0. The smallest absolute Gasteiger partial charge is 0.285 e. The van der Waals surface area contributed by atoms with Crippen molar-refractivity contribution in [1.29, 1.82) is 0 Å². The van der Waals surface area contributed by atoms with E-state index in [1.165, 1.54) is 29.2 Å². The van der Waals surface area contributed by atoms with Crippen molar-refractivity contribution in [3.63, 3.8) is 0 Å². The van der Waals surface area contributed by atoms with Crippen molar-refractivity contribution in [1.82, 2.24) is 4.57 Å². The molecule has 0 fully saturated rings. The van der Waals surface area contributed by atoms with Crippen molar-refractivity contribution in [2.45, 2.75) is 19.4 Å². The van der Waals surface area contributed by atoms with Gasteiger partial charge in [0.05, 0.1) is 11.1 Å². The van der Waals surface area contributed by atoms with Gasteiger partial charge in [0.1, 0.15) is 12.4 Å². The summed E-state index contributed by atoms with van der Waals surface area (Å²) in [7, 11) is 0. The fourth-order valence-corrected chi connectivity index (χ4v) is 3.78. The molecule has 0 saturated heterocycles.